The Kier molecular flexibility index (Phi) is 10.8. The lowest BCUT2D eigenvalue weighted by Crippen LogP contribution is -2.18. The van der Waals surface area contributed by atoms with E-state index < -0.39 is 0 Å². The average Bonchev–Trinajstić information content (AvgIpc) is 3.19. The minimum absolute atomic E-state index is 0.0381. The zero-order valence-electron chi connectivity index (χ0n) is 27.5. The highest BCUT2D eigenvalue weighted by atomic mass is 14.9. The molecule has 2 aromatic heterocycles. The van der Waals surface area contributed by atoms with Gasteiger partial charge in [0, 0.05) is 40.8 Å². The summed E-state index contributed by atoms with van der Waals surface area (Å²) < 4.78 is 0. The molecule has 2 aromatic rings. The van der Waals surface area contributed by atoms with E-state index in [0.717, 1.165) is 18.1 Å². The fraction of sp³-hybridized carbons (Fsp3) is 0.647. The molecule has 4 heteroatoms. The number of rotatable bonds is 0. The first-order valence-electron chi connectivity index (χ1n) is 13.9. The third-order valence-corrected chi connectivity index (χ3v) is 6.43. The van der Waals surface area contributed by atoms with E-state index in [4.69, 9.17) is 0 Å². The van der Waals surface area contributed by atoms with E-state index in [1.165, 1.54) is 22.4 Å². The molecular formula is C34H56N4. The molecule has 4 nitrogen and oxygen atoms in total. The van der Waals surface area contributed by atoms with Crippen molar-refractivity contribution in [3.8, 4) is 0 Å². The van der Waals surface area contributed by atoms with E-state index in [1.54, 1.807) is 0 Å². The zero-order valence-corrected chi connectivity index (χ0v) is 27.5. The Labute approximate surface area is 234 Å². The molecule has 3 heterocycles. The number of pyridine rings is 1. The summed E-state index contributed by atoms with van der Waals surface area (Å²) in [5, 5.41) is 0. The maximum absolute atomic E-state index is 4.52. The highest BCUT2D eigenvalue weighted by molar-refractivity contribution is 5.95. The Morgan fingerprint density at radius 1 is 0.526 bits per heavy atom. The molecule has 0 saturated carbocycles. The SMILES string of the molecule is CC(C)(C)c1ccc(C(C)(C)C)nc1.CC(C)(C)c1cnc(C(C)(C)C)nc1.CC1=NCC(C(C)(C)C)=C1. The molecule has 0 N–H and O–H groups in total. The van der Waals surface area contributed by atoms with Crippen molar-refractivity contribution in [2.45, 2.75) is 132 Å². The Bertz CT molecular complexity index is 935. The van der Waals surface area contributed by atoms with Crippen molar-refractivity contribution >= 4 is 5.71 Å². The molecule has 0 atom stereocenters. The minimum Gasteiger partial charge on any atom is -0.286 e. The molecule has 0 radical (unpaired) electrons. The summed E-state index contributed by atoms with van der Waals surface area (Å²) in [4.78, 5) is 17.6. The molecule has 0 aromatic carbocycles. The Hall–Kier alpha value is -2.36. The minimum atomic E-state index is 0.0381. The van der Waals surface area contributed by atoms with Crippen LogP contribution in [0.25, 0.3) is 0 Å². The van der Waals surface area contributed by atoms with Gasteiger partial charge in [-0.05, 0) is 52.0 Å². The maximum Gasteiger partial charge on any atom is 0.133 e. The fourth-order valence-electron chi connectivity index (χ4n) is 3.39. The fourth-order valence-corrected chi connectivity index (χ4v) is 3.39. The molecule has 0 saturated heterocycles. The molecule has 38 heavy (non-hydrogen) atoms. The largest absolute Gasteiger partial charge is 0.286 e. The maximum atomic E-state index is 4.52. The van der Waals surface area contributed by atoms with Gasteiger partial charge in [0.05, 0.1) is 6.54 Å². The predicted octanol–water partition coefficient (Wildman–Crippen LogP) is 9.18. The van der Waals surface area contributed by atoms with E-state index >= 15 is 0 Å². The van der Waals surface area contributed by atoms with Gasteiger partial charge in [0.15, 0.2) is 0 Å². The van der Waals surface area contributed by atoms with E-state index in [2.05, 4.69) is 149 Å². The molecular weight excluding hydrogens is 464 g/mol. The van der Waals surface area contributed by atoms with E-state index in [-0.39, 0.29) is 21.7 Å². The first kappa shape index (κ1) is 33.7. The summed E-state index contributed by atoms with van der Waals surface area (Å²) in [6.07, 6.45) is 8.07. The molecule has 0 spiro atoms. The second kappa shape index (κ2) is 12.2. The second-order valence-electron chi connectivity index (χ2n) is 15.6. The van der Waals surface area contributed by atoms with Gasteiger partial charge in [0.1, 0.15) is 5.82 Å². The molecule has 0 amide bonds. The van der Waals surface area contributed by atoms with Gasteiger partial charge in [0.25, 0.3) is 0 Å². The summed E-state index contributed by atoms with van der Waals surface area (Å²) in [6, 6.07) is 4.33. The van der Waals surface area contributed by atoms with Crippen LogP contribution in [-0.4, -0.2) is 27.2 Å². The smallest absolute Gasteiger partial charge is 0.133 e. The van der Waals surface area contributed by atoms with Gasteiger partial charge in [-0.2, -0.15) is 0 Å². The first-order valence-corrected chi connectivity index (χ1v) is 13.9. The van der Waals surface area contributed by atoms with Crippen LogP contribution in [-0.2, 0) is 21.7 Å². The molecule has 0 unspecified atom stereocenters. The van der Waals surface area contributed by atoms with Crippen molar-refractivity contribution in [1.29, 1.82) is 0 Å². The Balaban J connectivity index is 0.000000290. The normalized spacial score (nSPS) is 14.5. The number of hydrogen-bond acceptors (Lipinski definition) is 4. The molecule has 0 bridgehead atoms. The van der Waals surface area contributed by atoms with E-state index in [1.807, 2.05) is 18.6 Å². The van der Waals surface area contributed by atoms with Crippen LogP contribution >= 0.6 is 0 Å². The Morgan fingerprint density at radius 3 is 1.26 bits per heavy atom. The lowest BCUT2D eigenvalue weighted by Gasteiger charge is -2.22. The number of aliphatic imine (C=N–C) groups is 1. The lowest BCUT2D eigenvalue weighted by molar-refractivity contribution is 0.499. The van der Waals surface area contributed by atoms with Gasteiger partial charge in [0.2, 0.25) is 0 Å². The van der Waals surface area contributed by atoms with Gasteiger partial charge < -0.3 is 0 Å². The molecule has 0 fully saturated rings. The standard InChI is InChI=1S/C13H21N.C12H20N2.C9H15N/c1-12(2,3)10-7-8-11(14-9-10)13(4,5)6;1-11(2,3)9-7-13-10(14-8-9)12(4,5)6;1-7-5-8(6-10-7)9(2,3)4/h7-9H,1-6H3;7-8H,1-6H3;5H,6H2,1-4H3. The second-order valence-corrected chi connectivity index (χ2v) is 15.6. The summed E-state index contributed by atoms with van der Waals surface area (Å²) in [5.41, 5.74) is 7.09. The van der Waals surface area contributed by atoms with E-state index in [9.17, 15) is 0 Å². The molecule has 3 rings (SSSR count). The monoisotopic (exact) mass is 520 g/mol. The average molecular weight is 521 g/mol. The van der Waals surface area contributed by atoms with Crippen LogP contribution in [0.5, 0.6) is 0 Å². The number of nitrogens with zero attached hydrogens (tertiary/aromatic N) is 4. The molecule has 212 valence electrons. The van der Waals surface area contributed by atoms with Crippen LogP contribution < -0.4 is 0 Å². The quantitative estimate of drug-likeness (QED) is 0.348. The van der Waals surface area contributed by atoms with Crippen LogP contribution in [0.3, 0.4) is 0 Å². The van der Waals surface area contributed by atoms with E-state index in [0.29, 0.717) is 5.41 Å². The van der Waals surface area contributed by atoms with Gasteiger partial charge in [-0.25, -0.2) is 9.97 Å². The van der Waals surface area contributed by atoms with Crippen molar-refractivity contribution in [2.24, 2.45) is 10.4 Å². The summed E-state index contributed by atoms with van der Waals surface area (Å²) >= 11 is 0. The topological polar surface area (TPSA) is 51.0 Å². The highest BCUT2D eigenvalue weighted by Gasteiger charge is 2.21. The summed E-state index contributed by atoms with van der Waals surface area (Å²) in [5.74, 6) is 0.908. The van der Waals surface area contributed by atoms with Crippen LogP contribution in [0.4, 0.5) is 0 Å². The first-order chi connectivity index (χ1) is 16.9. The van der Waals surface area contributed by atoms with Gasteiger partial charge >= 0.3 is 0 Å². The lowest BCUT2D eigenvalue weighted by atomic mass is 9.86. The van der Waals surface area contributed by atoms with Crippen LogP contribution in [0, 0.1) is 5.41 Å². The van der Waals surface area contributed by atoms with Crippen molar-refractivity contribution in [1.82, 2.24) is 15.0 Å². The summed E-state index contributed by atoms with van der Waals surface area (Å²) in [7, 11) is 0. The predicted molar refractivity (Wildman–Crippen MR) is 167 cm³/mol. The van der Waals surface area contributed by atoms with Gasteiger partial charge in [-0.15, -0.1) is 0 Å². The molecule has 0 aliphatic carbocycles. The third-order valence-electron chi connectivity index (χ3n) is 6.43. The Morgan fingerprint density at radius 2 is 1.00 bits per heavy atom. The van der Waals surface area contributed by atoms with Gasteiger partial charge in [-0.3, -0.25) is 9.98 Å². The van der Waals surface area contributed by atoms with Crippen molar-refractivity contribution < 1.29 is 0 Å². The molecule has 1 aliphatic rings. The molecule has 1 aliphatic heterocycles. The van der Waals surface area contributed by atoms with Crippen LogP contribution in [0.15, 0.2) is 47.4 Å². The highest BCUT2D eigenvalue weighted by Crippen LogP contribution is 2.28. The van der Waals surface area contributed by atoms with Crippen molar-refractivity contribution in [3.63, 3.8) is 0 Å². The van der Waals surface area contributed by atoms with Crippen molar-refractivity contribution in [3.05, 3.63) is 65.0 Å². The third kappa shape index (κ3) is 11.2. The number of hydrogen-bond donors (Lipinski definition) is 0. The van der Waals surface area contributed by atoms with Crippen molar-refractivity contribution in [2.75, 3.05) is 6.54 Å². The summed E-state index contributed by atoms with van der Waals surface area (Å²) in [6.45, 7) is 35.7. The van der Waals surface area contributed by atoms with Crippen LogP contribution in [0.2, 0.25) is 0 Å². The van der Waals surface area contributed by atoms with Gasteiger partial charge in [-0.1, -0.05) is 110 Å². The number of aromatic nitrogens is 3. The number of allylic oxidation sites excluding steroid dienone is 1. The zero-order chi connectivity index (χ0) is 29.7. The van der Waals surface area contributed by atoms with Crippen LogP contribution in [0.1, 0.15) is 133 Å².